The summed E-state index contributed by atoms with van der Waals surface area (Å²) in [6.07, 6.45) is 0. The van der Waals surface area contributed by atoms with Crippen molar-refractivity contribution in [3.8, 4) is 0 Å². The van der Waals surface area contributed by atoms with Crippen LogP contribution in [-0.2, 0) is 9.53 Å². The van der Waals surface area contributed by atoms with Gasteiger partial charge in [-0.2, -0.15) is 5.10 Å². The third-order valence-electron chi connectivity index (χ3n) is 1.34. The van der Waals surface area contributed by atoms with E-state index < -0.39 is 5.97 Å². The number of ether oxygens (including phenoxy) is 1. The van der Waals surface area contributed by atoms with E-state index >= 15 is 0 Å². The van der Waals surface area contributed by atoms with Gasteiger partial charge in [-0.05, 0) is 35.0 Å². The van der Waals surface area contributed by atoms with Crippen molar-refractivity contribution in [1.29, 1.82) is 0 Å². The van der Waals surface area contributed by atoms with Crippen LogP contribution >= 0.6 is 27.5 Å². The SMILES string of the molecule is CCOC(=O)/C(Br)=N\Nc1ccc(Cl)nn1. The minimum absolute atomic E-state index is 0.0195. The van der Waals surface area contributed by atoms with E-state index in [0.717, 1.165) is 0 Å². The molecule has 1 rings (SSSR count). The molecule has 1 heterocycles. The van der Waals surface area contributed by atoms with Crippen LogP contribution in [0.4, 0.5) is 5.82 Å². The molecule has 0 aliphatic carbocycles. The average molecular weight is 308 g/mol. The van der Waals surface area contributed by atoms with Gasteiger partial charge < -0.3 is 4.74 Å². The summed E-state index contributed by atoms with van der Waals surface area (Å²) in [5.41, 5.74) is 2.52. The molecule has 1 aromatic rings. The molecule has 1 aromatic heterocycles. The van der Waals surface area contributed by atoms with Gasteiger partial charge in [-0.3, -0.25) is 5.43 Å². The van der Waals surface area contributed by atoms with Gasteiger partial charge >= 0.3 is 5.97 Å². The number of carbonyl (C=O) groups is 1. The molecule has 86 valence electrons. The number of anilines is 1. The minimum Gasteiger partial charge on any atom is -0.461 e. The predicted octanol–water partition coefficient (Wildman–Crippen LogP) is 1.81. The molecule has 6 nitrogen and oxygen atoms in total. The van der Waals surface area contributed by atoms with Crippen molar-refractivity contribution in [3.05, 3.63) is 17.3 Å². The molecule has 0 saturated carbocycles. The van der Waals surface area contributed by atoms with E-state index in [-0.39, 0.29) is 16.4 Å². The van der Waals surface area contributed by atoms with Crippen LogP contribution in [0.3, 0.4) is 0 Å². The van der Waals surface area contributed by atoms with E-state index in [0.29, 0.717) is 5.82 Å². The molecule has 0 amide bonds. The summed E-state index contributed by atoms with van der Waals surface area (Å²) in [6, 6.07) is 3.12. The lowest BCUT2D eigenvalue weighted by Gasteiger charge is -2.00. The van der Waals surface area contributed by atoms with Crippen LogP contribution in [0.5, 0.6) is 0 Å². The molecule has 0 spiro atoms. The number of hydrazone groups is 1. The van der Waals surface area contributed by atoms with E-state index in [1.165, 1.54) is 0 Å². The lowest BCUT2D eigenvalue weighted by molar-refractivity contribution is -0.134. The molecule has 0 aliphatic rings. The van der Waals surface area contributed by atoms with E-state index in [9.17, 15) is 4.79 Å². The topological polar surface area (TPSA) is 76.5 Å². The second kappa shape index (κ2) is 6.39. The number of halogens is 2. The molecule has 0 fully saturated rings. The van der Waals surface area contributed by atoms with Crippen LogP contribution in [0.15, 0.2) is 17.2 Å². The first kappa shape index (κ1) is 12.9. The number of nitrogens with one attached hydrogen (secondary N) is 1. The van der Waals surface area contributed by atoms with Crippen molar-refractivity contribution < 1.29 is 9.53 Å². The molecule has 0 bridgehead atoms. The zero-order chi connectivity index (χ0) is 12.0. The van der Waals surface area contributed by atoms with Crippen molar-refractivity contribution in [1.82, 2.24) is 10.2 Å². The van der Waals surface area contributed by atoms with Crippen molar-refractivity contribution in [3.63, 3.8) is 0 Å². The Morgan fingerprint density at radius 2 is 2.38 bits per heavy atom. The lowest BCUT2D eigenvalue weighted by Crippen LogP contribution is -2.13. The summed E-state index contributed by atoms with van der Waals surface area (Å²) in [7, 11) is 0. The van der Waals surface area contributed by atoms with Crippen molar-refractivity contribution in [2.45, 2.75) is 6.92 Å². The maximum atomic E-state index is 11.1. The maximum absolute atomic E-state index is 11.1. The van der Waals surface area contributed by atoms with Crippen LogP contribution in [0.2, 0.25) is 5.15 Å². The smallest absolute Gasteiger partial charge is 0.366 e. The minimum atomic E-state index is -0.558. The molecule has 0 aliphatic heterocycles. The average Bonchev–Trinajstić information content (AvgIpc) is 2.28. The molecule has 16 heavy (non-hydrogen) atoms. The predicted molar refractivity (Wildman–Crippen MR) is 63.7 cm³/mol. The molecule has 8 heteroatoms. The summed E-state index contributed by atoms with van der Waals surface area (Å²) in [4.78, 5) is 11.1. The molecule has 1 N–H and O–H groups in total. The number of hydrogen-bond donors (Lipinski definition) is 1. The Balaban J connectivity index is 2.58. The van der Waals surface area contributed by atoms with E-state index in [4.69, 9.17) is 16.3 Å². The van der Waals surface area contributed by atoms with Gasteiger partial charge in [-0.1, -0.05) is 11.6 Å². The summed E-state index contributed by atoms with van der Waals surface area (Å²) >= 11 is 8.50. The monoisotopic (exact) mass is 306 g/mol. The van der Waals surface area contributed by atoms with Crippen LogP contribution in [0.25, 0.3) is 0 Å². The Bertz CT molecular complexity index is 396. The largest absolute Gasteiger partial charge is 0.461 e. The zero-order valence-corrected chi connectivity index (χ0v) is 10.6. The lowest BCUT2D eigenvalue weighted by atomic mass is 10.5. The highest BCUT2D eigenvalue weighted by molar-refractivity contribution is 9.19. The second-order valence-corrected chi connectivity index (χ2v) is 3.61. The van der Waals surface area contributed by atoms with Crippen molar-refractivity contribution in [2.75, 3.05) is 12.0 Å². The molecule has 0 atom stereocenters. The van der Waals surface area contributed by atoms with Gasteiger partial charge in [-0.25, -0.2) is 4.79 Å². The molecule has 0 radical (unpaired) electrons. The van der Waals surface area contributed by atoms with Gasteiger partial charge in [0.1, 0.15) is 0 Å². The van der Waals surface area contributed by atoms with E-state index in [2.05, 4.69) is 36.7 Å². The molecular formula is C8H8BrClN4O2. The van der Waals surface area contributed by atoms with Crippen LogP contribution in [-0.4, -0.2) is 27.4 Å². The number of aromatic nitrogens is 2. The van der Waals surface area contributed by atoms with Crippen molar-refractivity contribution in [2.24, 2.45) is 5.10 Å². The first-order valence-electron chi connectivity index (χ1n) is 4.29. The van der Waals surface area contributed by atoms with E-state index in [1.807, 2.05) is 0 Å². The van der Waals surface area contributed by atoms with Gasteiger partial charge in [0.25, 0.3) is 0 Å². The second-order valence-electron chi connectivity index (χ2n) is 2.48. The molecule has 0 aromatic carbocycles. The molecule has 0 unspecified atom stereocenters. The highest BCUT2D eigenvalue weighted by Gasteiger charge is 2.08. The summed E-state index contributed by atoms with van der Waals surface area (Å²) in [6.45, 7) is 1.99. The quantitative estimate of drug-likeness (QED) is 0.521. The van der Waals surface area contributed by atoms with Gasteiger partial charge in [0.2, 0.25) is 4.62 Å². The van der Waals surface area contributed by atoms with Gasteiger partial charge in [0.15, 0.2) is 11.0 Å². The first-order chi connectivity index (χ1) is 7.63. The van der Waals surface area contributed by atoms with Crippen LogP contribution in [0.1, 0.15) is 6.92 Å². The highest BCUT2D eigenvalue weighted by atomic mass is 79.9. The Kier molecular flexibility index (Phi) is 5.13. The summed E-state index contributed by atoms with van der Waals surface area (Å²) in [5, 5.41) is 11.3. The number of esters is 1. The fraction of sp³-hybridized carbons (Fsp3) is 0.250. The highest BCUT2D eigenvalue weighted by Crippen LogP contribution is 2.06. The molecular weight excluding hydrogens is 299 g/mol. The summed E-state index contributed by atoms with van der Waals surface area (Å²) < 4.78 is 4.72. The number of rotatable bonds is 4. The Morgan fingerprint density at radius 3 is 2.94 bits per heavy atom. The third kappa shape index (κ3) is 4.11. The third-order valence-corrected chi connectivity index (χ3v) is 2.05. The Labute approximate surface area is 105 Å². The van der Waals surface area contributed by atoms with Crippen LogP contribution < -0.4 is 5.43 Å². The van der Waals surface area contributed by atoms with E-state index in [1.54, 1.807) is 19.1 Å². The standard InChI is InChI=1S/C8H8BrClN4O2/c1-2-16-8(15)7(9)14-13-6-4-3-5(10)11-12-6/h3-4H,2H2,1H3,(H,12,13)/b14-7+. The normalized spacial score (nSPS) is 11.1. The summed E-state index contributed by atoms with van der Waals surface area (Å²) in [5.74, 6) is -0.192. The fourth-order valence-corrected chi connectivity index (χ4v) is 1.02. The fourth-order valence-electron chi connectivity index (χ4n) is 0.718. The zero-order valence-electron chi connectivity index (χ0n) is 8.28. The number of carbonyl (C=O) groups excluding carboxylic acids is 1. The Hall–Kier alpha value is -1.21. The number of nitrogens with zero attached hydrogens (tertiary/aromatic N) is 3. The first-order valence-corrected chi connectivity index (χ1v) is 5.46. The van der Waals surface area contributed by atoms with Gasteiger partial charge in [0, 0.05) is 0 Å². The number of hydrogen-bond acceptors (Lipinski definition) is 6. The van der Waals surface area contributed by atoms with Crippen LogP contribution in [0, 0.1) is 0 Å². The maximum Gasteiger partial charge on any atom is 0.366 e. The van der Waals surface area contributed by atoms with Gasteiger partial charge in [-0.15, -0.1) is 10.2 Å². The van der Waals surface area contributed by atoms with Crippen molar-refractivity contribution >= 4 is 43.9 Å². The van der Waals surface area contributed by atoms with Gasteiger partial charge in [0.05, 0.1) is 6.61 Å². The Morgan fingerprint density at radius 1 is 1.62 bits per heavy atom. The molecule has 0 saturated heterocycles.